The standard InChI is InChI=1S/C19H23BrN2O/c1-19(2,22(3)4)17(14-10-6-5-7-11-14)21-18(23)15-12-8-9-13-16(15)20/h5-13,17H,1-4H3,(H,21,23). The van der Waals surface area contributed by atoms with E-state index in [1.807, 2.05) is 56.6 Å². The predicted molar refractivity (Wildman–Crippen MR) is 98.6 cm³/mol. The van der Waals surface area contributed by atoms with E-state index < -0.39 is 0 Å². The number of nitrogens with zero attached hydrogens (tertiary/aromatic N) is 1. The van der Waals surface area contributed by atoms with Crippen LogP contribution in [0.15, 0.2) is 59.1 Å². The van der Waals surface area contributed by atoms with Gasteiger partial charge in [0, 0.05) is 10.0 Å². The number of likely N-dealkylation sites (N-methyl/N-ethyl adjacent to an activating group) is 1. The first-order valence-electron chi connectivity index (χ1n) is 7.62. The lowest BCUT2D eigenvalue weighted by atomic mass is 9.87. The Labute approximate surface area is 146 Å². The third-order valence-electron chi connectivity index (χ3n) is 4.39. The molecule has 4 heteroatoms. The first kappa shape index (κ1) is 17.7. The molecular formula is C19H23BrN2O. The molecule has 2 aromatic carbocycles. The lowest BCUT2D eigenvalue weighted by Gasteiger charge is -2.40. The maximum absolute atomic E-state index is 12.8. The SMILES string of the molecule is CN(C)C(C)(C)C(NC(=O)c1ccccc1Br)c1ccccc1. The van der Waals surface area contributed by atoms with Crippen LogP contribution in [0.3, 0.4) is 0 Å². The Morgan fingerprint density at radius 2 is 1.61 bits per heavy atom. The van der Waals surface area contributed by atoms with Gasteiger partial charge in [-0.15, -0.1) is 0 Å². The topological polar surface area (TPSA) is 32.3 Å². The molecule has 0 aliphatic carbocycles. The minimum atomic E-state index is -0.238. The fourth-order valence-electron chi connectivity index (χ4n) is 2.43. The zero-order valence-electron chi connectivity index (χ0n) is 14.0. The molecule has 1 amide bonds. The second-order valence-corrected chi connectivity index (χ2v) is 7.20. The number of benzene rings is 2. The zero-order chi connectivity index (χ0) is 17.0. The van der Waals surface area contributed by atoms with Crippen molar-refractivity contribution in [3.8, 4) is 0 Å². The van der Waals surface area contributed by atoms with Crippen molar-refractivity contribution < 1.29 is 4.79 Å². The smallest absolute Gasteiger partial charge is 0.252 e. The molecule has 0 aromatic heterocycles. The average molecular weight is 375 g/mol. The summed E-state index contributed by atoms with van der Waals surface area (Å²) >= 11 is 3.45. The van der Waals surface area contributed by atoms with Crippen LogP contribution in [-0.2, 0) is 0 Å². The Morgan fingerprint density at radius 3 is 2.17 bits per heavy atom. The molecule has 2 aromatic rings. The van der Waals surface area contributed by atoms with Gasteiger partial charge in [-0.1, -0.05) is 42.5 Å². The lowest BCUT2D eigenvalue weighted by Crippen LogP contribution is -2.50. The highest BCUT2D eigenvalue weighted by Crippen LogP contribution is 2.30. The van der Waals surface area contributed by atoms with E-state index in [0.29, 0.717) is 5.56 Å². The van der Waals surface area contributed by atoms with Crippen LogP contribution in [0.4, 0.5) is 0 Å². The Hall–Kier alpha value is -1.65. The fourth-order valence-corrected chi connectivity index (χ4v) is 2.89. The summed E-state index contributed by atoms with van der Waals surface area (Å²) in [7, 11) is 4.06. The van der Waals surface area contributed by atoms with Gasteiger partial charge in [0.05, 0.1) is 11.6 Å². The highest BCUT2D eigenvalue weighted by molar-refractivity contribution is 9.10. The number of carbonyl (C=O) groups excluding carboxylic acids is 1. The molecule has 0 aliphatic rings. The summed E-state index contributed by atoms with van der Waals surface area (Å²) in [5.74, 6) is -0.0822. The molecule has 122 valence electrons. The molecule has 3 nitrogen and oxygen atoms in total. The first-order chi connectivity index (χ1) is 10.8. The number of nitrogens with one attached hydrogen (secondary N) is 1. The second kappa shape index (κ2) is 7.28. The second-order valence-electron chi connectivity index (χ2n) is 6.35. The van der Waals surface area contributed by atoms with Gasteiger partial charge in [0.2, 0.25) is 0 Å². The molecule has 1 N–H and O–H groups in total. The fraction of sp³-hybridized carbons (Fsp3) is 0.316. The molecule has 0 fully saturated rings. The van der Waals surface area contributed by atoms with Gasteiger partial charge in [-0.2, -0.15) is 0 Å². The Balaban J connectivity index is 2.36. The third kappa shape index (κ3) is 4.01. The van der Waals surface area contributed by atoms with Crippen LogP contribution in [0.2, 0.25) is 0 Å². The van der Waals surface area contributed by atoms with E-state index >= 15 is 0 Å². The van der Waals surface area contributed by atoms with Crippen LogP contribution in [0.25, 0.3) is 0 Å². The van der Waals surface area contributed by atoms with Gasteiger partial charge in [-0.25, -0.2) is 0 Å². The van der Waals surface area contributed by atoms with Gasteiger partial charge in [0.25, 0.3) is 5.91 Å². The first-order valence-corrected chi connectivity index (χ1v) is 8.41. The molecule has 1 atom stereocenters. The summed E-state index contributed by atoms with van der Waals surface area (Å²) in [6.45, 7) is 4.26. The van der Waals surface area contributed by atoms with Crippen molar-refractivity contribution in [3.63, 3.8) is 0 Å². The molecule has 23 heavy (non-hydrogen) atoms. The van der Waals surface area contributed by atoms with Crippen molar-refractivity contribution in [2.75, 3.05) is 14.1 Å². The van der Waals surface area contributed by atoms with Crippen LogP contribution in [0, 0.1) is 0 Å². The number of hydrogen-bond acceptors (Lipinski definition) is 2. The summed E-state index contributed by atoms with van der Waals surface area (Å²) < 4.78 is 0.798. The van der Waals surface area contributed by atoms with Crippen LogP contribution >= 0.6 is 15.9 Å². The van der Waals surface area contributed by atoms with E-state index in [1.54, 1.807) is 0 Å². The molecule has 2 rings (SSSR count). The van der Waals surface area contributed by atoms with Gasteiger partial charge in [-0.3, -0.25) is 4.79 Å². The van der Waals surface area contributed by atoms with E-state index in [9.17, 15) is 4.79 Å². The Bertz CT molecular complexity index is 668. The largest absolute Gasteiger partial charge is 0.343 e. The number of hydrogen-bond donors (Lipinski definition) is 1. The van der Waals surface area contributed by atoms with E-state index in [-0.39, 0.29) is 17.5 Å². The van der Waals surface area contributed by atoms with Crippen molar-refractivity contribution in [2.45, 2.75) is 25.4 Å². The van der Waals surface area contributed by atoms with Crippen LogP contribution < -0.4 is 5.32 Å². The quantitative estimate of drug-likeness (QED) is 0.847. The number of amides is 1. The van der Waals surface area contributed by atoms with Crippen molar-refractivity contribution in [3.05, 3.63) is 70.2 Å². The molecule has 1 unspecified atom stereocenters. The van der Waals surface area contributed by atoms with E-state index in [2.05, 4.69) is 52.1 Å². The zero-order valence-corrected chi connectivity index (χ0v) is 15.6. The lowest BCUT2D eigenvalue weighted by molar-refractivity contribution is 0.0839. The summed E-state index contributed by atoms with van der Waals surface area (Å²) in [4.78, 5) is 14.9. The highest BCUT2D eigenvalue weighted by atomic mass is 79.9. The van der Waals surface area contributed by atoms with Crippen LogP contribution in [0.1, 0.15) is 35.8 Å². The van der Waals surface area contributed by atoms with Gasteiger partial charge in [0.1, 0.15) is 0 Å². The summed E-state index contributed by atoms with van der Waals surface area (Å²) in [5.41, 5.74) is 1.49. The molecule has 0 spiro atoms. The summed E-state index contributed by atoms with van der Waals surface area (Å²) in [5, 5.41) is 3.20. The van der Waals surface area contributed by atoms with Gasteiger partial charge in [-0.05, 0) is 61.6 Å². The monoisotopic (exact) mass is 374 g/mol. The third-order valence-corrected chi connectivity index (χ3v) is 5.08. The van der Waals surface area contributed by atoms with Crippen molar-refractivity contribution >= 4 is 21.8 Å². The minimum absolute atomic E-state index is 0.0822. The number of halogens is 1. The molecule has 0 radical (unpaired) electrons. The van der Waals surface area contributed by atoms with Crippen molar-refractivity contribution in [2.24, 2.45) is 0 Å². The maximum atomic E-state index is 12.8. The molecular weight excluding hydrogens is 352 g/mol. The predicted octanol–water partition coefficient (Wildman–Crippen LogP) is 4.26. The van der Waals surface area contributed by atoms with Gasteiger partial charge >= 0.3 is 0 Å². The molecule has 0 bridgehead atoms. The van der Waals surface area contributed by atoms with Crippen LogP contribution in [0.5, 0.6) is 0 Å². The maximum Gasteiger partial charge on any atom is 0.252 e. The number of carbonyl (C=O) groups is 1. The molecule has 0 saturated carbocycles. The highest BCUT2D eigenvalue weighted by Gasteiger charge is 2.34. The average Bonchev–Trinajstić information content (AvgIpc) is 2.53. The van der Waals surface area contributed by atoms with Crippen molar-refractivity contribution in [1.29, 1.82) is 0 Å². The van der Waals surface area contributed by atoms with Crippen molar-refractivity contribution in [1.82, 2.24) is 10.2 Å². The summed E-state index contributed by atoms with van der Waals surface area (Å²) in [6, 6.07) is 17.4. The molecule has 0 aliphatic heterocycles. The summed E-state index contributed by atoms with van der Waals surface area (Å²) in [6.07, 6.45) is 0. The van der Waals surface area contributed by atoms with E-state index in [4.69, 9.17) is 0 Å². The Kier molecular flexibility index (Phi) is 5.60. The van der Waals surface area contributed by atoms with Gasteiger partial charge in [0.15, 0.2) is 0 Å². The number of rotatable bonds is 5. The normalized spacial score (nSPS) is 13.0. The van der Waals surface area contributed by atoms with E-state index in [0.717, 1.165) is 10.0 Å². The Morgan fingerprint density at radius 1 is 1.04 bits per heavy atom. The van der Waals surface area contributed by atoms with Gasteiger partial charge < -0.3 is 10.2 Å². The van der Waals surface area contributed by atoms with Crippen LogP contribution in [-0.4, -0.2) is 30.4 Å². The molecule has 0 heterocycles. The minimum Gasteiger partial charge on any atom is -0.343 e. The van der Waals surface area contributed by atoms with E-state index in [1.165, 1.54) is 0 Å². The molecule has 0 saturated heterocycles.